The Labute approximate surface area is 144 Å². The molecule has 0 aromatic heterocycles. The molecule has 0 spiro atoms. The van der Waals surface area contributed by atoms with E-state index in [1.54, 1.807) is 36.4 Å². The van der Waals surface area contributed by atoms with Crippen LogP contribution in [0.1, 0.15) is 21.5 Å². The van der Waals surface area contributed by atoms with E-state index in [-0.39, 0.29) is 24.6 Å². The molecule has 126 valence electrons. The number of primary amides is 1. The predicted molar refractivity (Wildman–Crippen MR) is 91.6 cm³/mol. The Morgan fingerprint density at radius 1 is 1.08 bits per heavy atom. The molecule has 7 heteroatoms. The number of hydrogen-bond acceptors (Lipinski definition) is 4. The third-order valence-electron chi connectivity index (χ3n) is 3.29. The second-order valence-corrected chi connectivity index (χ2v) is 5.12. The first-order valence-corrected chi connectivity index (χ1v) is 7.34. The summed E-state index contributed by atoms with van der Waals surface area (Å²) in [4.78, 5) is 32.8. The molecule has 2 aromatic carbocycles. The fraction of sp³-hybridized carbons (Fsp3) is 0.111. The van der Waals surface area contributed by atoms with Gasteiger partial charge in [0.05, 0.1) is 17.9 Å². The van der Waals surface area contributed by atoms with Crippen molar-refractivity contribution in [3.63, 3.8) is 0 Å². The molecule has 0 heterocycles. The van der Waals surface area contributed by atoms with Crippen molar-refractivity contribution < 1.29 is 14.5 Å². The summed E-state index contributed by atoms with van der Waals surface area (Å²) in [7, 11) is 0. The second-order valence-electron chi connectivity index (χ2n) is 5.12. The van der Waals surface area contributed by atoms with E-state index in [0.717, 1.165) is 0 Å². The molecular weight excluding hydrogens is 322 g/mol. The van der Waals surface area contributed by atoms with Crippen molar-refractivity contribution in [1.29, 1.82) is 0 Å². The van der Waals surface area contributed by atoms with Crippen LogP contribution in [0.25, 0.3) is 0 Å². The minimum atomic E-state index is -0.502. The lowest BCUT2D eigenvalue weighted by molar-refractivity contribution is -0.384. The van der Waals surface area contributed by atoms with Crippen LogP contribution in [-0.2, 0) is 11.2 Å². The number of hydrogen-bond donors (Lipinski definition) is 2. The third kappa shape index (κ3) is 5.48. The third-order valence-corrected chi connectivity index (χ3v) is 3.29. The molecule has 0 aliphatic carbocycles. The van der Waals surface area contributed by atoms with Crippen LogP contribution in [0.3, 0.4) is 0 Å². The van der Waals surface area contributed by atoms with Gasteiger partial charge in [-0.3, -0.25) is 19.7 Å². The minimum Gasteiger partial charge on any atom is -0.366 e. The largest absolute Gasteiger partial charge is 0.366 e. The Kier molecular flexibility index (Phi) is 5.85. The minimum absolute atomic E-state index is 0.0163. The molecular formula is C18H15N3O4. The summed E-state index contributed by atoms with van der Waals surface area (Å²) in [5, 5.41) is 13.2. The highest BCUT2D eigenvalue weighted by atomic mass is 16.6. The Hall–Kier alpha value is -3.66. The van der Waals surface area contributed by atoms with Gasteiger partial charge in [-0.25, -0.2) is 0 Å². The molecule has 2 amide bonds. The summed E-state index contributed by atoms with van der Waals surface area (Å²) in [6, 6.07) is 12.3. The SMILES string of the molecule is NC(=O)c1ccc(C#CCNC(=O)Cc2ccc([N+](=O)[O-])cc2)cc1. The van der Waals surface area contributed by atoms with Gasteiger partial charge in [0.25, 0.3) is 5.69 Å². The van der Waals surface area contributed by atoms with Gasteiger partial charge in [-0.15, -0.1) is 0 Å². The lowest BCUT2D eigenvalue weighted by atomic mass is 10.1. The number of benzene rings is 2. The number of amides is 2. The van der Waals surface area contributed by atoms with Crippen molar-refractivity contribution >= 4 is 17.5 Å². The Morgan fingerprint density at radius 3 is 2.28 bits per heavy atom. The van der Waals surface area contributed by atoms with Gasteiger partial charge in [-0.05, 0) is 29.8 Å². The lowest BCUT2D eigenvalue weighted by Crippen LogP contribution is -2.25. The number of carbonyl (C=O) groups is 2. The van der Waals surface area contributed by atoms with E-state index < -0.39 is 10.8 Å². The van der Waals surface area contributed by atoms with E-state index in [4.69, 9.17) is 5.73 Å². The van der Waals surface area contributed by atoms with Crippen molar-refractivity contribution in [2.45, 2.75) is 6.42 Å². The molecule has 0 bridgehead atoms. The maximum atomic E-state index is 11.8. The number of rotatable bonds is 5. The molecule has 0 unspecified atom stereocenters. The second kappa shape index (κ2) is 8.26. The maximum absolute atomic E-state index is 11.8. The standard InChI is InChI=1S/C18H15N3O4/c19-18(23)15-7-3-13(4-8-15)2-1-11-20-17(22)12-14-5-9-16(10-6-14)21(24)25/h3-10H,11-12H2,(H2,19,23)(H,20,22). The van der Waals surface area contributed by atoms with Gasteiger partial charge in [0.2, 0.25) is 11.8 Å². The van der Waals surface area contributed by atoms with E-state index >= 15 is 0 Å². The van der Waals surface area contributed by atoms with Gasteiger partial charge >= 0.3 is 0 Å². The predicted octanol–water partition coefficient (Wildman–Crippen LogP) is 1.40. The van der Waals surface area contributed by atoms with Crippen molar-refractivity contribution in [1.82, 2.24) is 5.32 Å². The molecule has 0 radical (unpaired) electrons. The highest BCUT2D eigenvalue weighted by Gasteiger charge is 2.06. The summed E-state index contributed by atoms with van der Waals surface area (Å²) in [6.45, 7) is 0.170. The van der Waals surface area contributed by atoms with Crippen LogP contribution in [0.4, 0.5) is 5.69 Å². The van der Waals surface area contributed by atoms with Gasteiger partial charge in [-0.1, -0.05) is 24.0 Å². The normalized spacial score (nSPS) is 9.60. The van der Waals surface area contributed by atoms with Gasteiger partial charge < -0.3 is 11.1 Å². The van der Waals surface area contributed by atoms with E-state index in [9.17, 15) is 19.7 Å². The first kappa shape index (κ1) is 17.7. The zero-order valence-electron chi connectivity index (χ0n) is 13.2. The smallest absolute Gasteiger partial charge is 0.269 e. The first-order valence-electron chi connectivity index (χ1n) is 7.34. The van der Waals surface area contributed by atoms with E-state index in [0.29, 0.717) is 16.7 Å². The highest BCUT2D eigenvalue weighted by Crippen LogP contribution is 2.12. The van der Waals surface area contributed by atoms with Crippen LogP contribution < -0.4 is 11.1 Å². The number of non-ortho nitro benzene ring substituents is 1. The van der Waals surface area contributed by atoms with Crippen LogP contribution in [0.5, 0.6) is 0 Å². The fourth-order valence-electron chi connectivity index (χ4n) is 1.99. The molecule has 2 aromatic rings. The average molecular weight is 337 g/mol. The molecule has 2 rings (SSSR count). The Morgan fingerprint density at radius 2 is 1.72 bits per heavy atom. The summed E-state index contributed by atoms with van der Waals surface area (Å²) in [5.41, 5.74) is 6.92. The number of nitrogens with one attached hydrogen (secondary N) is 1. The average Bonchev–Trinajstić information content (AvgIpc) is 2.59. The number of carbonyl (C=O) groups excluding carboxylic acids is 2. The maximum Gasteiger partial charge on any atom is 0.269 e. The fourth-order valence-corrected chi connectivity index (χ4v) is 1.99. The van der Waals surface area contributed by atoms with Crippen LogP contribution in [0.2, 0.25) is 0 Å². The summed E-state index contributed by atoms with van der Waals surface area (Å²) < 4.78 is 0. The van der Waals surface area contributed by atoms with Gasteiger partial charge in [0, 0.05) is 23.3 Å². The van der Waals surface area contributed by atoms with E-state index in [1.165, 1.54) is 12.1 Å². The first-order chi connectivity index (χ1) is 12.0. The van der Waals surface area contributed by atoms with Crippen molar-refractivity contribution in [3.05, 3.63) is 75.3 Å². The Balaban J connectivity index is 1.82. The highest BCUT2D eigenvalue weighted by molar-refractivity contribution is 5.92. The zero-order valence-corrected chi connectivity index (χ0v) is 13.2. The lowest BCUT2D eigenvalue weighted by Gasteiger charge is -2.01. The number of nitro benzene ring substituents is 1. The quantitative estimate of drug-likeness (QED) is 0.487. The molecule has 0 fully saturated rings. The topological polar surface area (TPSA) is 115 Å². The Bertz CT molecular complexity index is 847. The molecule has 0 aliphatic rings. The van der Waals surface area contributed by atoms with Gasteiger partial charge in [0.1, 0.15) is 0 Å². The molecule has 0 saturated heterocycles. The van der Waals surface area contributed by atoms with E-state index in [2.05, 4.69) is 17.2 Å². The van der Waals surface area contributed by atoms with Crippen LogP contribution >= 0.6 is 0 Å². The molecule has 25 heavy (non-hydrogen) atoms. The summed E-state index contributed by atoms with van der Waals surface area (Å²) >= 11 is 0. The molecule has 3 N–H and O–H groups in total. The molecule has 0 saturated carbocycles. The van der Waals surface area contributed by atoms with Crippen molar-refractivity contribution in [3.8, 4) is 11.8 Å². The van der Waals surface area contributed by atoms with Gasteiger partial charge in [-0.2, -0.15) is 0 Å². The van der Waals surface area contributed by atoms with Gasteiger partial charge in [0.15, 0.2) is 0 Å². The number of nitrogens with zero attached hydrogens (tertiary/aromatic N) is 1. The summed E-state index contributed by atoms with van der Waals surface area (Å²) in [6.07, 6.45) is 0.118. The monoisotopic (exact) mass is 337 g/mol. The van der Waals surface area contributed by atoms with Crippen LogP contribution in [0, 0.1) is 22.0 Å². The zero-order chi connectivity index (χ0) is 18.2. The number of nitrogens with two attached hydrogens (primary N) is 1. The van der Waals surface area contributed by atoms with Crippen LogP contribution in [0.15, 0.2) is 48.5 Å². The van der Waals surface area contributed by atoms with Crippen molar-refractivity contribution in [2.75, 3.05) is 6.54 Å². The van der Waals surface area contributed by atoms with Crippen molar-refractivity contribution in [2.24, 2.45) is 5.73 Å². The van der Waals surface area contributed by atoms with Crippen LogP contribution in [-0.4, -0.2) is 23.3 Å². The molecule has 7 nitrogen and oxygen atoms in total. The summed E-state index contributed by atoms with van der Waals surface area (Å²) in [5.74, 6) is 4.93. The number of nitro groups is 1. The molecule has 0 atom stereocenters. The molecule has 0 aliphatic heterocycles. The van der Waals surface area contributed by atoms with E-state index in [1.807, 2.05) is 0 Å².